The molecule has 0 radical (unpaired) electrons. The first-order chi connectivity index (χ1) is 27.1. The summed E-state index contributed by atoms with van der Waals surface area (Å²) in [6, 6.07) is 13.7. The fourth-order valence-corrected chi connectivity index (χ4v) is 9.04. The minimum Gasteiger partial charge on any atom is -0.435 e. The third-order valence-electron chi connectivity index (χ3n) is 11.5. The number of hydrogen-bond donors (Lipinski definition) is 0. The predicted octanol–water partition coefficient (Wildman–Crippen LogP) is 17.0. The Bertz CT molecular complexity index is 1670. The number of benzene rings is 2. The van der Waals surface area contributed by atoms with E-state index < -0.39 is 0 Å². The molecule has 4 nitrogen and oxygen atoms in total. The SMILES string of the molecule is CCCCCCCCc1cc(CCCCCCCC)c2oc(-c3ccc(-c4nc5cc(CCCCCCCC)cc(CCCCCCCC)c5o4)s3)nc2c1. The minimum atomic E-state index is 0.716. The van der Waals surface area contributed by atoms with Crippen LogP contribution in [0.2, 0.25) is 0 Å². The van der Waals surface area contributed by atoms with Gasteiger partial charge in [-0.3, -0.25) is 0 Å². The maximum Gasteiger partial charge on any atom is 0.237 e. The number of fused-ring (bicyclic) bond motifs is 2. The van der Waals surface area contributed by atoms with Crippen molar-refractivity contribution in [1.29, 1.82) is 0 Å². The van der Waals surface area contributed by atoms with Crippen LogP contribution in [0.25, 0.3) is 43.7 Å². The van der Waals surface area contributed by atoms with E-state index in [1.54, 1.807) is 11.3 Å². The number of thiophene rings is 1. The Kier molecular flexibility index (Phi) is 19.4. The highest BCUT2D eigenvalue weighted by molar-refractivity contribution is 7.18. The maximum absolute atomic E-state index is 6.64. The molecule has 302 valence electrons. The zero-order valence-electron chi connectivity index (χ0n) is 35.4. The topological polar surface area (TPSA) is 52.1 Å². The van der Waals surface area contributed by atoms with Crippen LogP contribution < -0.4 is 0 Å². The Morgan fingerprint density at radius 3 is 1.09 bits per heavy atom. The summed E-state index contributed by atoms with van der Waals surface area (Å²) in [5, 5.41) is 0. The molecular formula is C50H74N2O2S. The second-order valence-electron chi connectivity index (χ2n) is 16.5. The van der Waals surface area contributed by atoms with Gasteiger partial charge in [-0.2, -0.15) is 0 Å². The lowest BCUT2D eigenvalue weighted by atomic mass is 9.99. The van der Waals surface area contributed by atoms with E-state index in [0.29, 0.717) is 11.8 Å². The largest absolute Gasteiger partial charge is 0.435 e. The van der Waals surface area contributed by atoms with Gasteiger partial charge in [0.25, 0.3) is 0 Å². The smallest absolute Gasteiger partial charge is 0.237 e. The predicted molar refractivity (Wildman–Crippen MR) is 239 cm³/mol. The highest BCUT2D eigenvalue weighted by atomic mass is 32.1. The average molecular weight is 767 g/mol. The zero-order chi connectivity index (χ0) is 38.5. The second kappa shape index (κ2) is 24.7. The lowest BCUT2D eigenvalue weighted by Gasteiger charge is -2.07. The van der Waals surface area contributed by atoms with Gasteiger partial charge in [-0.15, -0.1) is 11.3 Å². The first kappa shape index (κ1) is 43.2. The summed E-state index contributed by atoms with van der Waals surface area (Å²) in [5.74, 6) is 1.43. The summed E-state index contributed by atoms with van der Waals surface area (Å²) in [6.45, 7) is 9.16. The fraction of sp³-hybridized carbons (Fsp3) is 0.640. The first-order valence-electron chi connectivity index (χ1n) is 23.1. The van der Waals surface area contributed by atoms with Gasteiger partial charge >= 0.3 is 0 Å². The summed E-state index contributed by atoms with van der Waals surface area (Å²) in [6.07, 6.45) is 35.8. The molecule has 2 aromatic carbocycles. The van der Waals surface area contributed by atoms with E-state index in [1.807, 2.05) is 0 Å². The van der Waals surface area contributed by atoms with Gasteiger partial charge in [-0.05, 0) is 97.9 Å². The number of nitrogens with zero attached hydrogens (tertiary/aromatic N) is 2. The Hall–Kier alpha value is -2.92. The van der Waals surface area contributed by atoms with Gasteiger partial charge < -0.3 is 8.83 Å². The first-order valence-corrected chi connectivity index (χ1v) is 23.9. The molecule has 5 aromatic rings. The molecule has 55 heavy (non-hydrogen) atoms. The molecular weight excluding hydrogens is 693 g/mol. The Balaban J connectivity index is 1.34. The molecule has 0 saturated heterocycles. The third-order valence-corrected chi connectivity index (χ3v) is 12.6. The summed E-state index contributed by atoms with van der Waals surface area (Å²) < 4.78 is 13.3. The number of rotatable bonds is 30. The Labute approximate surface area is 338 Å². The quantitative estimate of drug-likeness (QED) is 0.0437. The van der Waals surface area contributed by atoms with Crippen molar-refractivity contribution in [3.8, 4) is 21.5 Å². The molecule has 5 rings (SSSR count). The molecule has 0 aliphatic rings. The highest BCUT2D eigenvalue weighted by Crippen LogP contribution is 2.38. The van der Waals surface area contributed by atoms with E-state index >= 15 is 0 Å². The molecule has 0 unspecified atom stereocenters. The van der Waals surface area contributed by atoms with Crippen molar-refractivity contribution in [1.82, 2.24) is 9.97 Å². The van der Waals surface area contributed by atoms with Crippen molar-refractivity contribution in [3.63, 3.8) is 0 Å². The monoisotopic (exact) mass is 767 g/mol. The van der Waals surface area contributed by atoms with Crippen LogP contribution in [-0.4, -0.2) is 9.97 Å². The van der Waals surface area contributed by atoms with Gasteiger partial charge in [0.05, 0.1) is 9.75 Å². The number of oxazole rings is 2. The number of aromatic nitrogens is 2. The minimum absolute atomic E-state index is 0.716. The van der Waals surface area contributed by atoms with Crippen LogP contribution in [-0.2, 0) is 25.7 Å². The average Bonchev–Trinajstić information content (AvgIpc) is 3.96. The van der Waals surface area contributed by atoms with E-state index in [9.17, 15) is 0 Å². The van der Waals surface area contributed by atoms with Crippen molar-refractivity contribution in [2.45, 2.75) is 207 Å². The van der Waals surface area contributed by atoms with E-state index in [1.165, 1.54) is 176 Å². The fourth-order valence-electron chi connectivity index (χ4n) is 8.18. The molecule has 0 aliphatic carbocycles. The van der Waals surface area contributed by atoms with Crippen LogP contribution >= 0.6 is 11.3 Å². The molecule has 3 aromatic heterocycles. The molecule has 0 fully saturated rings. The van der Waals surface area contributed by atoms with E-state index in [4.69, 9.17) is 18.8 Å². The van der Waals surface area contributed by atoms with E-state index in [-0.39, 0.29) is 0 Å². The molecule has 0 aliphatic heterocycles. The van der Waals surface area contributed by atoms with Crippen molar-refractivity contribution in [2.75, 3.05) is 0 Å². The van der Waals surface area contributed by atoms with Crippen molar-refractivity contribution < 1.29 is 8.83 Å². The van der Waals surface area contributed by atoms with Gasteiger partial charge in [-0.25, -0.2) is 9.97 Å². The molecule has 0 bridgehead atoms. The van der Waals surface area contributed by atoms with Gasteiger partial charge in [-0.1, -0.05) is 168 Å². The number of unbranched alkanes of at least 4 members (excludes halogenated alkanes) is 20. The second-order valence-corrected chi connectivity index (χ2v) is 17.6. The van der Waals surface area contributed by atoms with Crippen molar-refractivity contribution in [3.05, 3.63) is 58.7 Å². The Morgan fingerprint density at radius 2 is 0.727 bits per heavy atom. The van der Waals surface area contributed by atoms with Crippen LogP contribution in [0.15, 0.2) is 45.2 Å². The van der Waals surface area contributed by atoms with Crippen LogP contribution in [0, 0.1) is 0 Å². The molecule has 0 N–H and O–H groups in total. The lowest BCUT2D eigenvalue weighted by molar-refractivity contribution is 0.595. The summed E-state index contributed by atoms with van der Waals surface area (Å²) in [7, 11) is 0. The van der Waals surface area contributed by atoms with Gasteiger partial charge in [0, 0.05) is 0 Å². The van der Waals surface area contributed by atoms with Gasteiger partial charge in [0.15, 0.2) is 11.2 Å². The lowest BCUT2D eigenvalue weighted by Crippen LogP contribution is -1.93. The zero-order valence-corrected chi connectivity index (χ0v) is 36.2. The Morgan fingerprint density at radius 1 is 0.400 bits per heavy atom. The van der Waals surface area contributed by atoms with Gasteiger partial charge in [0.1, 0.15) is 11.0 Å². The molecule has 0 spiro atoms. The summed E-state index contributed by atoms with van der Waals surface area (Å²) in [4.78, 5) is 12.3. The van der Waals surface area contributed by atoms with Crippen LogP contribution in [0.4, 0.5) is 0 Å². The standard InChI is InChI=1S/C50H74N2O2S/c1-5-9-13-17-21-25-29-39-35-41(31-27-23-19-15-11-7-3)47-43(37-39)51-49(53-47)45-33-34-46(55-45)50-52-44-38-40(30-26-22-18-14-10-6-2)36-42(48(44)54-50)32-28-24-20-16-12-8-4/h33-38H,5-32H2,1-4H3. The van der Waals surface area contributed by atoms with Crippen LogP contribution in [0.1, 0.15) is 204 Å². The van der Waals surface area contributed by atoms with Crippen LogP contribution in [0.3, 0.4) is 0 Å². The third kappa shape index (κ3) is 13.9. The molecule has 0 atom stereocenters. The number of hydrogen-bond acceptors (Lipinski definition) is 5. The van der Waals surface area contributed by atoms with Gasteiger partial charge in [0.2, 0.25) is 11.8 Å². The molecule has 3 heterocycles. The summed E-state index contributed by atoms with van der Waals surface area (Å²) in [5.41, 5.74) is 9.46. The molecule has 5 heteroatoms. The molecule has 0 amide bonds. The van der Waals surface area contributed by atoms with E-state index in [0.717, 1.165) is 57.6 Å². The van der Waals surface area contributed by atoms with Crippen molar-refractivity contribution >= 4 is 33.5 Å². The van der Waals surface area contributed by atoms with Crippen LogP contribution in [0.5, 0.6) is 0 Å². The number of aryl methyl sites for hydroxylation is 4. The van der Waals surface area contributed by atoms with E-state index in [2.05, 4.69) is 64.1 Å². The highest BCUT2D eigenvalue weighted by Gasteiger charge is 2.19. The maximum atomic E-state index is 6.64. The molecule has 0 saturated carbocycles. The normalized spacial score (nSPS) is 11.9. The van der Waals surface area contributed by atoms with Crippen molar-refractivity contribution in [2.24, 2.45) is 0 Å². The summed E-state index contributed by atoms with van der Waals surface area (Å²) >= 11 is 1.68.